The summed E-state index contributed by atoms with van der Waals surface area (Å²) in [7, 11) is 0. The Balaban J connectivity index is 1.75. The zero-order valence-electron chi connectivity index (χ0n) is 14.1. The van der Waals surface area contributed by atoms with Crippen molar-refractivity contribution in [3.8, 4) is 11.4 Å². The van der Waals surface area contributed by atoms with Crippen molar-refractivity contribution in [3.63, 3.8) is 0 Å². The molecule has 0 aliphatic rings. The highest BCUT2D eigenvalue weighted by Crippen LogP contribution is 2.26. The van der Waals surface area contributed by atoms with Crippen molar-refractivity contribution in [2.24, 2.45) is 0 Å². The van der Waals surface area contributed by atoms with E-state index in [-0.39, 0.29) is 0 Å². The molecule has 0 fully saturated rings. The Morgan fingerprint density at radius 3 is 2.50 bits per heavy atom. The minimum Gasteiger partial charge on any atom is -0.407 e. The van der Waals surface area contributed by atoms with Crippen LogP contribution in [0.3, 0.4) is 0 Å². The number of nitrogens with zero attached hydrogens (tertiary/aromatic N) is 2. The van der Waals surface area contributed by atoms with Gasteiger partial charge in [0.05, 0.1) is 5.52 Å². The van der Waals surface area contributed by atoms with E-state index in [4.69, 9.17) is 33.0 Å². The summed E-state index contributed by atoms with van der Waals surface area (Å²) in [5.41, 5.74) is 4.85. The van der Waals surface area contributed by atoms with Gasteiger partial charge in [0.1, 0.15) is 12.1 Å². The van der Waals surface area contributed by atoms with Crippen molar-refractivity contribution in [3.05, 3.63) is 87.9 Å². The fraction of sp³-hybridized carbons (Fsp3) is 0.0952. The summed E-state index contributed by atoms with van der Waals surface area (Å²) in [6.45, 7) is 2.38. The van der Waals surface area contributed by atoms with Crippen LogP contribution < -0.4 is 4.84 Å². The first-order valence-corrected chi connectivity index (χ1v) is 8.99. The van der Waals surface area contributed by atoms with Crippen LogP contribution in [0.5, 0.6) is 0 Å². The fourth-order valence-electron chi connectivity index (χ4n) is 2.79. The predicted molar refractivity (Wildman–Crippen MR) is 107 cm³/mol. The number of rotatable bonds is 4. The highest BCUT2D eigenvalue weighted by Gasteiger charge is 2.14. The van der Waals surface area contributed by atoms with Gasteiger partial charge in [0.15, 0.2) is 5.82 Å². The molecule has 0 unspecified atom stereocenters. The standard InChI is InChI=1S/C21H16Cl2N2O/c1-14-6-8-15(9-7-14)21-24-19-4-2-3-5-20(19)25(21)26-13-16-10-11-17(22)12-18(16)23/h2-12H,13H2,1H3. The molecule has 0 amide bonds. The molecular formula is C21H16Cl2N2O. The average molecular weight is 383 g/mol. The predicted octanol–water partition coefficient (Wildman–Crippen LogP) is 5.95. The van der Waals surface area contributed by atoms with Gasteiger partial charge in [-0.05, 0) is 31.2 Å². The summed E-state index contributed by atoms with van der Waals surface area (Å²) >= 11 is 12.2. The zero-order chi connectivity index (χ0) is 18.1. The molecule has 0 saturated heterocycles. The van der Waals surface area contributed by atoms with Crippen LogP contribution in [0.25, 0.3) is 22.4 Å². The summed E-state index contributed by atoms with van der Waals surface area (Å²) in [6.07, 6.45) is 0. The lowest BCUT2D eigenvalue weighted by molar-refractivity contribution is 0.110. The number of hydrogen-bond donors (Lipinski definition) is 0. The van der Waals surface area contributed by atoms with Crippen molar-refractivity contribution in [1.29, 1.82) is 0 Å². The highest BCUT2D eigenvalue weighted by atomic mass is 35.5. The molecule has 0 N–H and O–H groups in total. The maximum absolute atomic E-state index is 6.27. The Labute approximate surface area is 161 Å². The van der Waals surface area contributed by atoms with Crippen molar-refractivity contribution in [1.82, 2.24) is 9.71 Å². The van der Waals surface area contributed by atoms with Gasteiger partial charge in [-0.25, -0.2) is 4.98 Å². The van der Waals surface area contributed by atoms with Crippen LogP contribution in [0, 0.1) is 6.92 Å². The third-order valence-corrected chi connectivity index (χ3v) is 4.78. The van der Waals surface area contributed by atoms with E-state index in [0.29, 0.717) is 16.7 Å². The van der Waals surface area contributed by atoms with E-state index in [9.17, 15) is 0 Å². The monoisotopic (exact) mass is 382 g/mol. The van der Waals surface area contributed by atoms with E-state index >= 15 is 0 Å². The molecule has 0 atom stereocenters. The first-order chi connectivity index (χ1) is 12.6. The van der Waals surface area contributed by atoms with Gasteiger partial charge in [-0.3, -0.25) is 0 Å². The second-order valence-electron chi connectivity index (χ2n) is 6.09. The molecule has 0 bridgehead atoms. The lowest BCUT2D eigenvalue weighted by Crippen LogP contribution is -2.13. The van der Waals surface area contributed by atoms with Gasteiger partial charge < -0.3 is 4.84 Å². The highest BCUT2D eigenvalue weighted by molar-refractivity contribution is 6.35. The zero-order valence-corrected chi connectivity index (χ0v) is 15.6. The van der Waals surface area contributed by atoms with E-state index in [1.54, 1.807) is 16.9 Å². The van der Waals surface area contributed by atoms with E-state index in [2.05, 4.69) is 19.1 Å². The summed E-state index contributed by atoms with van der Waals surface area (Å²) < 4.78 is 1.77. The number of benzene rings is 3. The van der Waals surface area contributed by atoms with Gasteiger partial charge in [-0.15, -0.1) is 0 Å². The first-order valence-electron chi connectivity index (χ1n) is 8.23. The fourth-order valence-corrected chi connectivity index (χ4v) is 3.26. The normalized spacial score (nSPS) is 11.0. The number of hydrogen-bond acceptors (Lipinski definition) is 2. The lowest BCUT2D eigenvalue weighted by atomic mass is 10.1. The third-order valence-electron chi connectivity index (χ3n) is 4.19. The summed E-state index contributed by atoms with van der Waals surface area (Å²) in [4.78, 5) is 10.9. The van der Waals surface area contributed by atoms with E-state index < -0.39 is 0 Å². The van der Waals surface area contributed by atoms with Gasteiger partial charge in [-0.1, -0.05) is 71.2 Å². The Kier molecular flexibility index (Phi) is 4.58. The molecule has 130 valence electrons. The molecule has 3 aromatic carbocycles. The van der Waals surface area contributed by atoms with Crippen molar-refractivity contribution in [2.75, 3.05) is 0 Å². The average Bonchev–Trinajstić information content (AvgIpc) is 3.00. The number of fused-ring (bicyclic) bond motifs is 1. The lowest BCUT2D eigenvalue weighted by Gasteiger charge is -2.12. The van der Waals surface area contributed by atoms with Gasteiger partial charge >= 0.3 is 0 Å². The minimum absolute atomic E-state index is 0.315. The number of aromatic nitrogens is 2. The SMILES string of the molecule is Cc1ccc(-c2nc3ccccc3n2OCc2ccc(Cl)cc2Cl)cc1. The Hall–Kier alpha value is -2.49. The van der Waals surface area contributed by atoms with Crippen molar-refractivity contribution < 1.29 is 4.84 Å². The molecule has 4 rings (SSSR count). The van der Waals surface area contributed by atoms with Crippen LogP contribution in [-0.2, 0) is 6.61 Å². The van der Waals surface area contributed by atoms with Gasteiger partial charge in [0.25, 0.3) is 0 Å². The maximum Gasteiger partial charge on any atom is 0.176 e. The molecule has 0 aliphatic heterocycles. The van der Waals surface area contributed by atoms with E-state index in [1.165, 1.54) is 5.56 Å². The Bertz CT molecular complexity index is 1070. The molecule has 3 nitrogen and oxygen atoms in total. The van der Waals surface area contributed by atoms with Crippen LogP contribution in [0.4, 0.5) is 0 Å². The van der Waals surface area contributed by atoms with Gasteiger partial charge in [0, 0.05) is 21.2 Å². The van der Waals surface area contributed by atoms with Crippen LogP contribution in [0.15, 0.2) is 66.7 Å². The molecular weight excluding hydrogens is 367 g/mol. The molecule has 0 radical (unpaired) electrons. The van der Waals surface area contributed by atoms with Crippen LogP contribution in [-0.4, -0.2) is 9.71 Å². The maximum atomic E-state index is 6.27. The molecule has 0 saturated carbocycles. The Morgan fingerprint density at radius 1 is 0.962 bits per heavy atom. The minimum atomic E-state index is 0.315. The second-order valence-corrected chi connectivity index (χ2v) is 6.94. The molecule has 0 spiro atoms. The van der Waals surface area contributed by atoms with Crippen LogP contribution in [0.2, 0.25) is 10.0 Å². The smallest absolute Gasteiger partial charge is 0.176 e. The summed E-state index contributed by atoms with van der Waals surface area (Å²) in [5, 5.41) is 1.19. The van der Waals surface area contributed by atoms with Gasteiger partial charge in [0.2, 0.25) is 0 Å². The molecule has 26 heavy (non-hydrogen) atoms. The van der Waals surface area contributed by atoms with E-state index in [0.717, 1.165) is 28.0 Å². The summed E-state index contributed by atoms with van der Waals surface area (Å²) in [6, 6.07) is 21.5. The van der Waals surface area contributed by atoms with Gasteiger partial charge in [-0.2, -0.15) is 4.73 Å². The van der Waals surface area contributed by atoms with Crippen molar-refractivity contribution in [2.45, 2.75) is 13.5 Å². The molecule has 4 aromatic rings. The molecule has 1 aromatic heterocycles. The Morgan fingerprint density at radius 2 is 1.73 bits per heavy atom. The number of aryl methyl sites for hydroxylation is 1. The van der Waals surface area contributed by atoms with Crippen molar-refractivity contribution >= 4 is 34.2 Å². The summed E-state index contributed by atoms with van der Waals surface area (Å²) in [5.74, 6) is 0.760. The number of imidazole rings is 1. The molecule has 1 heterocycles. The van der Waals surface area contributed by atoms with Crippen LogP contribution >= 0.6 is 23.2 Å². The molecule has 5 heteroatoms. The largest absolute Gasteiger partial charge is 0.407 e. The number of para-hydroxylation sites is 2. The third kappa shape index (κ3) is 3.28. The van der Waals surface area contributed by atoms with E-state index in [1.807, 2.05) is 42.5 Å². The quantitative estimate of drug-likeness (QED) is 0.436. The first kappa shape index (κ1) is 17.0. The number of halogens is 2. The molecule has 0 aliphatic carbocycles. The second kappa shape index (κ2) is 7.02. The topological polar surface area (TPSA) is 27.1 Å². The van der Waals surface area contributed by atoms with Crippen LogP contribution in [0.1, 0.15) is 11.1 Å².